The van der Waals surface area contributed by atoms with Gasteiger partial charge in [0.15, 0.2) is 46.0 Å². The van der Waals surface area contributed by atoms with Gasteiger partial charge in [0.1, 0.15) is 23.1 Å². The number of carbonyl (C=O) groups excluding carboxylic acids is 4. The molecule has 10 unspecified atom stereocenters. The van der Waals surface area contributed by atoms with Crippen LogP contribution in [0.1, 0.15) is 260 Å². The fraction of sp³-hybridized carbons (Fsp3) is 0.641. The van der Waals surface area contributed by atoms with E-state index in [0.29, 0.717) is 25.2 Å². The van der Waals surface area contributed by atoms with Crippen LogP contribution in [0, 0.1) is 47.2 Å². The van der Waals surface area contributed by atoms with Crippen molar-refractivity contribution in [3.05, 3.63) is 92.8 Å². The van der Waals surface area contributed by atoms with Gasteiger partial charge in [-0.3, -0.25) is 38.8 Å². The molecule has 4 fully saturated rings. The predicted octanol–water partition coefficient (Wildman–Crippen LogP) is 13.7. The Balaban J connectivity index is 0.000000219. The molecule has 0 radical (unpaired) electrons. The number of ketones is 4. The summed E-state index contributed by atoms with van der Waals surface area (Å²) in [4.78, 5) is 57.3. The number of methoxy groups -OCH3 is 8. The van der Waals surface area contributed by atoms with E-state index in [4.69, 9.17) is 111 Å². The zero-order chi connectivity index (χ0) is 114. The van der Waals surface area contributed by atoms with E-state index < -0.39 is 296 Å². The summed E-state index contributed by atoms with van der Waals surface area (Å²) < 4.78 is 477. The van der Waals surface area contributed by atoms with Crippen LogP contribution >= 0.6 is 0 Å². The number of benzene rings is 4. The van der Waals surface area contributed by atoms with Crippen molar-refractivity contribution >= 4 is 23.1 Å². The van der Waals surface area contributed by atoms with E-state index in [9.17, 15) is 19.2 Å². The monoisotopic (exact) mass is 1350 g/mol. The molecule has 16 nitrogen and oxygen atoms in total. The van der Waals surface area contributed by atoms with Crippen molar-refractivity contribution in [2.45, 2.75) is 169 Å². The summed E-state index contributed by atoms with van der Waals surface area (Å²) in [5.41, 5.74) is -1.70. The molecule has 94 heavy (non-hydrogen) atoms. The molecule has 4 aromatic carbocycles. The second-order valence-corrected chi connectivity index (χ2v) is 23.1. The number of nitrogens with zero attached hydrogens (tertiary/aromatic N) is 4. The fourth-order valence-corrected chi connectivity index (χ4v) is 11.6. The molecule has 516 valence electrons. The van der Waals surface area contributed by atoms with Crippen LogP contribution in [0.15, 0.2) is 48.3 Å². The lowest BCUT2D eigenvalue weighted by Crippen LogP contribution is -2.46. The molecule has 0 aliphatic carbocycles. The van der Waals surface area contributed by atoms with Crippen LogP contribution in [-0.2, 0) is 44.8 Å². The zero-order valence-electron chi connectivity index (χ0n) is 107. The van der Waals surface area contributed by atoms with Gasteiger partial charge in [-0.2, -0.15) is 0 Å². The minimum Gasteiger partial charge on any atom is -0.493 e. The first-order chi connectivity index (χ1) is 65.7. The number of fused-ring (bicyclic) bond motifs is 12. The topological polar surface area (TPSA) is 155 Å². The van der Waals surface area contributed by atoms with E-state index in [0.717, 1.165) is 36.0 Å². The molecule has 8 aliphatic rings. The molecular weight excluding hydrogens is 1180 g/mol. The molecule has 8 heterocycles. The van der Waals surface area contributed by atoms with Crippen molar-refractivity contribution < 1.29 is 130 Å². The molecule has 0 saturated carbocycles. The van der Waals surface area contributed by atoms with Gasteiger partial charge in [0.2, 0.25) is 0 Å². The van der Waals surface area contributed by atoms with E-state index in [1.54, 1.807) is 13.8 Å². The molecule has 0 spiro atoms. The van der Waals surface area contributed by atoms with E-state index in [-0.39, 0.29) is 114 Å². The Morgan fingerprint density at radius 3 is 1.37 bits per heavy atom. The van der Waals surface area contributed by atoms with Crippen molar-refractivity contribution in [3.8, 4) is 46.0 Å². The highest BCUT2D eigenvalue weighted by atomic mass is 16.5. The van der Waals surface area contributed by atoms with Gasteiger partial charge in [0.05, 0.1) is 85.4 Å². The maximum atomic E-state index is 13.9. The van der Waals surface area contributed by atoms with Crippen LogP contribution in [0.5, 0.6) is 46.0 Å². The van der Waals surface area contributed by atoms with Gasteiger partial charge in [-0.1, -0.05) is 68.0 Å². The van der Waals surface area contributed by atoms with E-state index >= 15 is 0 Å². The van der Waals surface area contributed by atoms with Crippen LogP contribution in [-0.4, -0.2) is 151 Å². The third-order valence-corrected chi connectivity index (χ3v) is 16.1. The van der Waals surface area contributed by atoms with Crippen LogP contribution in [0.3, 0.4) is 0 Å². The first-order valence-corrected chi connectivity index (χ1v) is 30.0. The average Bonchev–Trinajstić information content (AvgIpc) is 0.653. The fourth-order valence-electron chi connectivity index (χ4n) is 11.6. The SMILES string of the molecule is [2H]c1c(OC([2H])([2H])[2H])c(OC)c([2H])c2c1C1([2H])CC(=O)C(CC(C)C)CN1C([2H])([2H])C2([2H])[2H].[2H]c1c2c(c([2H])c(OC([2H])([2H])[2H])c1OC)C1CC(=O)C(C([2H])([2H])C([2H])(C([2H])([2H])[2H])C([2H])([2H])C)C([2H])([2H])N1CC2.[2H]c1c2c(c([2H])c(OC([2H])([2H])[2H])c1OC)C1N(CC2)C([2H])([2H])C([2H])(C([2H])([2H])C([2H])(C([2H])([2H])[2H])C([2H])([2H])C)C(=O)C1([2H])[2H].[2H]c1c2c(c([2H])c(OC([2H])([2H])[2H])c1OC)C1N(CC2)C([2H])([2H])C([2H])(CC(C)C)C(=O)C1([2H])[2H]. The summed E-state index contributed by atoms with van der Waals surface area (Å²) in [6.45, 7) is -12.2. The molecular formula is C78H112N4O12. The van der Waals surface area contributed by atoms with Crippen molar-refractivity contribution in [2.75, 3.05) is 109 Å². The second-order valence-electron chi connectivity index (χ2n) is 23.1. The molecule has 12 rings (SSSR count). The summed E-state index contributed by atoms with van der Waals surface area (Å²) in [5, 5.41) is 0. The lowest BCUT2D eigenvalue weighted by atomic mass is 9.79. The quantitative estimate of drug-likeness (QED) is 0.0926. The summed E-state index contributed by atoms with van der Waals surface area (Å²) in [7, 11) is -7.78. The van der Waals surface area contributed by atoms with Crippen molar-refractivity contribution in [3.63, 3.8) is 0 Å². The largest absolute Gasteiger partial charge is 0.493 e. The van der Waals surface area contributed by atoms with Gasteiger partial charge in [-0.05, 0) is 168 Å². The molecule has 16 heteroatoms. The number of piperidine rings is 4. The van der Waals surface area contributed by atoms with Gasteiger partial charge in [-0.15, -0.1) is 0 Å². The molecule has 0 bridgehead atoms. The normalized spacial score (nSPS) is 41.1. The number of hydrogen-bond donors (Lipinski definition) is 0. The molecule has 10 atom stereocenters. The molecule has 4 aromatic rings. The maximum absolute atomic E-state index is 13.9. The standard InChI is InChI=1S/2C20H29NO3.2C19H27NO3/c2*1-5-13(2)8-15-12-21-7-6-14-9-19(23-3)20(24-4)10-16(14)17(21)11-18(15)22;2*1-12(2)7-14-11-20-6-5-13-8-18(22-3)19(23-4)9-15(13)16(20)10-17(14)21/h2*9-10,13,15,17H,5-8,11-12H2,1-4H3;2*8-9,12,14,16H,5-7,10-11H2,1-4H3/i2D3,4D3,5D2,8D2,9D,10D,11D2,12D2,13D,15D;2D3,4D3,5D2,8D2,9D,10D,12D2,13D;4D3,8D,9D,10D2,11D2,14D;4D3,5D2,6D2,8D,9D,16D. The molecule has 0 aromatic heterocycles. The van der Waals surface area contributed by atoms with Gasteiger partial charge in [0.25, 0.3) is 0 Å². The summed E-state index contributed by atoms with van der Waals surface area (Å²) in [6, 6.07) is -12.0. The Bertz CT molecular complexity index is 5730. The Hall–Kier alpha value is -6.20. The van der Waals surface area contributed by atoms with Crippen molar-refractivity contribution in [1.82, 2.24) is 19.6 Å². The molecule has 4 saturated heterocycles. The van der Waals surface area contributed by atoms with Crippen LogP contribution < -0.4 is 37.9 Å². The number of carbonyl (C=O) groups is 4. The van der Waals surface area contributed by atoms with Gasteiger partial charge < -0.3 is 37.9 Å². The van der Waals surface area contributed by atoms with E-state index in [1.165, 1.54) is 7.11 Å². The highest BCUT2D eigenvalue weighted by molar-refractivity contribution is 5.85. The van der Waals surface area contributed by atoms with Gasteiger partial charge in [-0.25, -0.2) is 0 Å². The first-order valence-electron chi connectivity index (χ1n) is 56.5. The second kappa shape index (κ2) is 32.7. The zero-order valence-corrected chi connectivity index (χ0v) is 53.5. The molecule has 0 amide bonds. The number of Topliss-reactive ketones (excluding diaryl/α,β-unsaturated/α-hetero) is 4. The van der Waals surface area contributed by atoms with E-state index in [1.807, 2.05) is 13.8 Å². The highest BCUT2D eigenvalue weighted by Crippen LogP contribution is 2.48. The van der Waals surface area contributed by atoms with Crippen molar-refractivity contribution in [2.24, 2.45) is 47.2 Å². The van der Waals surface area contributed by atoms with Crippen LogP contribution in [0.4, 0.5) is 0 Å². The lowest BCUT2D eigenvalue weighted by Gasteiger charge is -2.43. The minimum atomic E-state index is -4.22. The highest BCUT2D eigenvalue weighted by Gasteiger charge is 2.43. The minimum absolute atomic E-state index is 0.0164. The van der Waals surface area contributed by atoms with Crippen LogP contribution in [0.2, 0.25) is 0 Å². The van der Waals surface area contributed by atoms with Crippen LogP contribution in [0.25, 0.3) is 0 Å². The Labute approximate surface area is 636 Å². The van der Waals surface area contributed by atoms with Crippen molar-refractivity contribution in [1.29, 1.82) is 0 Å². The van der Waals surface area contributed by atoms with Gasteiger partial charge in [0, 0.05) is 169 Å². The Morgan fingerprint density at radius 2 is 0.915 bits per heavy atom. The predicted molar refractivity (Wildman–Crippen MR) is 370 cm³/mol. The smallest absolute Gasteiger partial charge is 0.161 e. The van der Waals surface area contributed by atoms with Gasteiger partial charge >= 0.3 is 0 Å². The summed E-state index contributed by atoms with van der Waals surface area (Å²) >= 11 is 0. The lowest BCUT2D eigenvalue weighted by molar-refractivity contribution is -0.130. The number of hydrogen-bond acceptors (Lipinski definition) is 16. The number of ether oxygens (including phenoxy) is 8. The first kappa shape index (κ1) is 29.9. The summed E-state index contributed by atoms with van der Waals surface area (Å²) in [6.07, 6.45) is -24.8. The number of rotatable bonds is 18. The molecule has 0 N–H and O–H groups in total. The Morgan fingerprint density at radius 1 is 0.500 bits per heavy atom. The third-order valence-electron chi connectivity index (χ3n) is 16.1. The third kappa shape index (κ3) is 16.4. The summed E-state index contributed by atoms with van der Waals surface area (Å²) in [5.74, 6) is -26.5. The average molecular weight is 1350 g/mol. The van der Waals surface area contributed by atoms with E-state index in [2.05, 4.69) is 0 Å². The Kier molecular flexibility index (Phi) is 10.4. The maximum Gasteiger partial charge on any atom is 0.161 e. The molecule has 8 aliphatic heterocycles.